The highest BCUT2D eigenvalue weighted by Gasteiger charge is 2.09. The molecule has 3 rings (SSSR count). The number of carbonyl (C=O) groups excluding carboxylic acids is 2. The van der Waals surface area contributed by atoms with Crippen molar-refractivity contribution in [2.45, 2.75) is 91.1 Å². The van der Waals surface area contributed by atoms with Gasteiger partial charge in [0.25, 0.3) is 0 Å². The van der Waals surface area contributed by atoms with Crippen LogP contribution in [0.4, 0.5) is 0 Å². The molecular weight excluding hydrogens is 496 g/mol. The Bertz CT molecular complexity index is 1190. The Kier molecular flexibility index (Phi) is 13.2. The molecule has 212 valence electrons. The highest BCUT2D eigenvalue weighted by molar-refractivity contribution is 5.90. The smallest absolute Gasteiger partial charge is 0.338 e. The molecule has 0 spiro atoms. The standard InChI is InChI=1S/C36H44O4/c1-4-5-6-7-8-9-10-11-12-13-29-14-16-30(17-15-29)18-27-35(37)40-34-25-23-32(24-26-34)31-19-21-33(22-20-31)36(38)39-28(2)3/h14-28H,4-13H2,1-3H3/b27-18+. The summed E-state index contributed by atoms with van der Waals surface area (Å²) in [5.74, 6) is -0.270. The molecule has 4 nitrogen and oxygen atoms in total. The minimum Gasteiger partial charge on any atom is -0.459 e. The third kappa shape index (κ3) is 11.2. The average molecular weight is 541 g/mol. The van der Waals surface area contributed by atoms with Crippen LogP contribution in [0.25, 0.3) is 17.2 Å². The minimum atomic E-state index is -0.417. The van der Waals surface area contributed by atoms with Crippen LogP contribution >= 0.6 is 0 Å². The van der Waals surface area contributed by atoms with E-state index >= 15 is 0 Å². The Hall–Kier alpha value is -3.66. The van der Waals surface area contributed by atoms with Gasteiger partial charge in [-0.1, -0.05) is 107 Å². The largest absolute Gasteiger partial charge is 0.459 e. The first-order valence-corrected chi connectivity index (χ1v) is 14.8. The van der Waals surface area contributed by atoms with E-state index in [1.165, 1.54) is 69.4 Å². The topological polar surface area (TPSA) is 52.6 Å². The number of rotatable bonds is 16. The van der Waals surface area contributed by atoms with E-state index < -0.39 is 5.97 Å². The lowest BCUT2D eigenvalue weighted by Gasteiger charge is -2.09. The predicted molar refractivity (Wildman–Crippen MR) is 164 cm³/mol. The Morgan fingerprint density at radius 2 is 1.25 bits per heavy atom. The summed E-state index contributed by atoms with van der Waals surface area (Å²) in [5.41, 5.74) is 4.75. The van der Waals surface area contributed by atoms with Crippen LogP contribution in [0.3, 0.4) is 0 Å². The molecule has 3 aromatic rings. The molecule has 0 aliphatic heterocycles. The summed E-state index contributed by atoms with van der Waals surface area (Å²) in [7, 11) is 0. The molecule has 0 aliphatic rings. The van der Waals surface area contributed by atoms with Crippen molar-refractivity contribution in [1.29, 1.82) is 0 Å². The van der Waals surface area contributed by atoms with Gasteiger partial charge >= 0.3 is 11.9 Å². The first-order chi connectivity index (χ1) is 19.4. The fraction of sp³-hybridized carbons (Fsp3) is 0.389. The van der Waals surface area contributed by atoms with Crippen molar-refractivity contribution in [3.05, 3.63) is 95.6 Å². The number of benzene rings is 3. The van der Waals surface area contributed by atoms with Gasteiger partial charge in [-0.3, -0.25) is 0 Å². The van der Waals surface area contributed by atoms with Gasteiger partial charge in [0, 0.05) is 6.08 Å². The van der Waals surface area contributed by atoms with Gasteiger partial charge in [0.15, 0.2) is 0 Å². The molecule has 0 fully saturated rings. The first-order valence-electron chi connectivity index (χ1n) is 14.8. The molecule has 40 heavy (non-hydrogen) atoms. The molecule has 0 aliphatic carbocycles. The molecule has 0 amide bonds. The maximum absolute atomic E-state index is 12.3. The predicted octanol–water partition coefficient (Wildman–Crippen LogP) is 9.61. The van der Waals surface area contributed by atoms with Crippen LogP contribution in [0.2, 0.25) is 0 Å². The van der Waals surface area contributed by atoms with Gasteiger partial charge in [0.2, 0.25) is 0 Å². The van der Waals surface area contributed by atoms with Crippen molar-refractivity contribution < 1.29 is 19.1 Å². The van der Waals surface area contributed by atoms with Gasteiger partial charge in [-0.25, -0.2) is 9.59 Å². The van der Waals surface area contributed by atoms with Crippen LogP contribution in [0.5, 0.6) is 5.75 Å². The maximum atomic E-state index is 12.3. The Morgan fingerprint density at radius 3 is 1.82 bits per heavy atom. The molecular formula is C36H44O4. The van der Waals surface area contributed by atoms with E-state index in [2.05, 4.69) is 31.2 Å². The molecule has 0 atom stereocenters. The Balaban J connectivity index is 1.39. The van der Waals surface area contributed by atoms with E-state index in [1.807, 2.05) is 38.1 Å². The number of ether oxygens (including phenoxy) is 2. The van der Waals surface area contributed by atoms with Crippen LogP contribution in [0.1, 0.15) is 100 Å². The summed E-state index contributed by atoms with van der Waals surface area (Å²) in [6, 6.07) is 23.0. The van der Waals surface area contributed by atoms with E-state index in [9.17, 15) is 9.59 Å². The fourth-order valence-electron chi connectivity index (χ4n) is 4.55. The summed E-state index contributed by atoms with van der Waals surface area (Å²) in [6.07, 6.45) is 16.2. The summed E-state index contributed by atoms with van der Waals surface area (Å²) >= 11 is 0. The first kappa shape index (κ1) is 30.9. The van der Waals surface area contributed by atoms with Crippen molar-refractivity contribution in [2.75, 3.05) is 0 Å². The molecule has 0 unspecified atom stereocenters. The maximum Gasteiger partial charge on any atom is 0.338 e. The number of aryl methyl sites for hydroxylation is 1. The van der Waals surface area contributed by atoms with Crippen LogP contribution in [-0.4, -0.2) is 18.0 Å². The summed E-state index contributed by atoms with van der Waals surface area (Å²) in [6.45, 7) is 5.91. The summed E-state index contributed by atoms with van der Waals surface area (Å²) < 4.78 is 10.7. The van der Waals surface area contributed by atoms with Gasteiger partial charge in [-0.2, -0.15) is 0 Å². The highest BCUT2D eigenvalue weighted by atomic mass is 16.5. The van der Waals surface area contributed by atoms with Crippen LogP contribution < -0.4 is 4.74 Å². The number of unbranched alkanes of at least 4 members (excludes halogenated alkanes) is 8. The molecule has 3 aromatic carbocycles. The molecule has 0 saturated heterocycles. The van der Waals surface area contributed by atoms with E-state index in [0.29, 0.717) is 11.3 Å². The molecule has 0 saturated carbocycles. The van der Waals surface area contributed by atoms with Crippen LogP contribution in [0, 0.1) is 0 Å². The SMILES string of the molecule is CCCCCCCCCCCc1ccc(/C=C/C(=O)Oc2ccc(-c3ccc(C(=O)OC(C)C)cc3)cc2)cc1. The molecule has 0 bridgehead atoms. The van der Waals surface area contributed by atoms with Crippen LogP contribution in [0.15, 0.2) is 78.9 Å². The highest BCUT2D eigenvalue weighted by Crippen LogP contribution is 2.23. The van der Waals surface area contributed by atoms with Crippen molar-refractivity contribution in [3.8, 4) is 16.9 Å². The molecule has 0 aromatic heterocycles. The summed E-state index contributed by atoms with van der Waals surface area (Å²) in [4.78, 5) is 24.4. The van der Waals surface area contributed by atoms with Crippen LogP contribution in [-0.2, 0) is 16.0 Å². The molecule has 0 heterocycles. The number of carbonyl (C=O) groups is 2. The number of hydrogen-bond donors (Lipinski definition) is 0. The third-order valence-corrected chi connectivity index (χ3v) is 6.83. The van der Waals surface area contributed by atoms with E-state index in [4.69, 9.17) is 9.47 Å². The van der Waals surface area contributed by atoms with Gasteiger partial charge in [0.1, 0.15) is 5.75 Å². The van der Waals surface area contributed by atoms with E-state index in [1.54, 1.807) is 30.3 Å². The second kappa shape index (κ2) is 17.1. The fourth-order valence-corrected chi connectivity index (χ4v) is 4.55. The van der Waals surface area contributed by atoms with Gasteiger partial charge < -0.3 is 9.47 Å². The van der Waals surface area contributed by atoms with E-state index in [0.717, 1.165) is 23.1 Å². The molecule has 0 radical (unpaired) electrons. The lowest BCUT2D eigenvalue weighted by atomic mass is 10.0. The lowest BCUT2D eigenvalue weighted by molar-refractivity contribution is -0.128. The zero-order valence-corrected chi connectivity index (χ0v) is 24.4. The minimum absolute atomic E-state index is 0.156. The molecule has 4 heteroatoms. The van der Waals surface area contributed by atoms with Crippen molar-refractivity contribution in [3.63, 3.8) is 0 Å². The monoisotopic (exact) mass is 540 g/mol. The Labute approximate surface area is 240 Å². The van der Waals surface area contributed by atoms with Crippen molar-refractivity contribution in [1.82, 2.24) is 0 Å². The average Bonchev–Trinajstić information content (AvgIpc) is 2.96. The second-order valence-corrected chi connectivity index (χ2v) is 10.6. The molecule has 0 N–H and O–H groups in total. The zero-order chi connectivity index (χ0) is 28.6. The quantitative estimate of drug-likeness (QED) is 0.0785. The second-order valence-electron chi connectivity index (χ2n) is 10.6. The normalized spacial score (nSPS) is 11.2. The van der Waals surface area contributed by atoms with Gasteiger partial charge in [-0.15, -0.1) is 0 Å². The number of esters is 2. The van der Waals surface area contributed by atoms with E-state index in [-0.39, 0.29) is 12.1 Å². The summed E-state index contributed by atoms with van der Waals surface area (Å²) in [5, 5.41) is 0. The van der Waals surface area contributed by atoms with Crippen molar-refractivity contribution in [2.24, 2.45) is 0 Å². The Morgan fingerprint density at radius 1 is 0.700 bits per heavy atom. The van der Waals surface area contributed by atoms with Gasteiger partial charge in [0.05, 0.1) is 11.7 Å². The van der Waals surface area contributed by atoms with Gasteiger partial charge in [-0.05, 0) is 79.3 Å². The zero-order valence-electron chi connectivity index (χ0n) is 24.4. The number of hydrogen-bond acceptors (Lipinski definition) is 4. The lowest BCUT2D eigenvalue weighted by Crippen LogP contribution is -2.11. The van der Waals surface area contributed by atoms with Crippen molar-refractivity contribution >= 4 is 18.0 Å². The third-order valence-electron chi connectivity index (χ3n) is 6.83.